The van der Waals surface area contributed by atoms with Crippen molar-refractivity contribution >= 4 is 62.1 Å². The third-order valence-electron chi connectivity index (χ3n) is 3.35. The van der Waals surface area contributed by atoms with Crippen molar-refractivity contribution in [2.24, 2.45) is 0 Å². The van der Waals surface area contributed by atoms with Crippen LogP contribution in [-0.2, 0) is 19.6 Å². The first-order valence-corrected chi connectivity index (χ1v) is 10.3. The standard InChI is InChI=1S/C17H17Cl2N3O4S/c1-11(23)20-13-4-6-14(7-5-13)21-17(24)10-22(27(2,25)26)16-8-3-12(18)9-15(16)19/h3-9H,10H2,1-2H3,(H,20,23)(H,21,24). The highest BCUT2D eigenvalue weighted by Gasteiger charge is 2.23. The summed E-state index contributed by atoms with van der Waals surface area (Å²) in [5.41, 5.74) is 1.18. The molecule has 2 N–H and O–H groups in total. The van der Waals surface area contributed by atoms with Crippen LogP contribution in [0.5, 0.6) is 0 Å². The van der Waals surface area contributed by atoms with Gasteiger partial charge in [0.05, 0.1) is 17.0 Å². The van der Waals surface area contributed by atoms with Gasteiger partial charge >= 0.3 is 0 Å². The Labute approximate surface area is 167 Å². The molecule has 2 rings (SSSR count). The normalized spacial score (nSPS) is 11.0. The summed E-state index contributed by atoms with van der Waals surface area (Å²) in [5.74, 6) is -0.769. The van der Waals surface area contributed by atoms with Gasteiger partial charge in [0.25, 0.3) is 0 Å². The average Bonchev–Trinajstić information content (AvgIpc) is 2.54. The summed E-state index contributed by atoms with van der Waals surface area (Å²) in [6.07, 6.45) is 0.980. The highest BCUT2D eigenvalue weighted by molar-refractivity contribution is 7.92. The summed E-state index contributed by atoms with van der Waals surface area (Å²) >= 11 is 11.9. The van der Waals surface area contributed by atoms with Crippen molar-refractivity contribution in [2.75, 3.05) is 27.7 Å². The van der Waals surface area contributed by atoms with Crippen LogP contribution >= 0.6 is 23.2 Å². The topological polar surface area (TPSA) is 95.6 Å². The minimum atomic E-state index is -3.76. The van der Waals surface area contributed by atoms with E-state index in [1.165, 1.54) is 25.1 Å². The molecule has 2 aromatic rings. The van der Waals surface area contributed by atoms with Crippen molar-refractivity contribution in [1.82, 2.24) is 0 Å². The Morgan fingerprint density at radius 3 is 2.04 bits per heavy atom. The lowest BCUT2D eigenvalue weighted by atomic mass is 10.2. The molecule has 0 atom stereocenters. The van der Waals surface area contributed by atoms with Crippen LogP contribution in [0.1, 0.15) is 6.92 Å². The Morgan fingerprint density at radius 1 is 1.00 bits per heavy atom. The van der Waals surface area contributed by atoms with E-state index in [2.05, 4.69) is 10.6 Å². The van der Waals surface area contributed by atoms with Crippen LogP contribution in [0, 0.1) is 0 Å². The van der Waals surface area contributed by atoms with Gasteiger partial charge in [-0.15, -0.1) is 0 Å². The fourth-order valence-electron chi connectivity index (χ4n) is 2.24. The Bertz CT molecular complexity index is 963. The molecule has 0 aliphatic heterocycles. The molecule has 2 amide bonds. The van der Waals surface area contributed by atoms with E-state index in [4.69, 9.17) is 23.2 Å². The van der Waals surface area contributed by atoms with Gasteiger partial charge in [0, 0.05) is 23.3 Å². The van der Waals surface area contributed by atoms with E-state index in [1.807, 2.05) is 0 Å². The second-order valence-electron chi connectivity index (χ2n) is 5.67. The number of sulfonamides is 1. The van der Waals surface area contributed by atoms with Crippen molar-refractivity contribution in [3.8, 4) is 0 Å². The van der Waals surface area contributed by atoms with Crippen LogP contribution in [0.15, 0.2) is 42.5 Å². The van der Waals surface area contributed by atoms with Crippen LogP contribution in [0.3, 0.4) is 0 Å². The first kappa shape index (κ1) is 21.0. The second kappa shape index (κ2) is 8.60. The maximum Gasteiger partial charge on any atom is 0.245 e. The Morgan fingerprint density at radius 2 is 1.56 bits per heavy atom. The Hall–Kier alpha value is -2.29. The Balaban J connectivity index is 2.16. The number of nitrogens with zero attached hydrogens (tertiary/aromatic N) is 1. The summed E-state index contributed by atoms with van der Waals surface area (Å²) in [5, 5.41) is 5.66. The molecule has 0 saturated heterocycles. The number of amides is 2. The fraction of sp³-hybridized carbons (Fsp3) is 0.176. The monoisotopic (exact) mass is 429 g/mol. The molecule has 0 bridgehead atoms. The molecule has 0 saturated carbocycles. The molecule has 0 aromatic heterocycles. The van der Waals surface area contributed by atoms with Crippen LogP contribution in [0.2, 0.25) is 10.0 Å². The molecule has 27 heavy (non-hydrogen) atoms. The van der Waals surface area contributed by atoms with Gasteiger partial charge in [0.1, 0.15) is 6.54 Å². The summed E-state index contributed by atoms with van der Waals surface area (Å²) in [6.45, 7) is 0.922. The predicted molar refractivity (Wildman–Crippen MR) is 108 cm³/mol. The molecule has 0 unspecified atom stereocenters. The fourth-order valence-corrected chi connectivity index (χ4v) is 3.66. The summed E-state index contributed by atoms with van der Waals surface area (Å²) in [7, 11) is -3.76. The van der Waals surface area contributed by atoms with E-state index in [0.29, 0.717) is 16.4 Å². The lowest BCUT2D eigenvalue weighted by Gasteiger charge is -2.23. The molecule has 2 aromatic carbocycles. The maximum absolute atomic E-state index is 12.3. The summed E-state index contributed by atoms with van der Waals surface area (Å²) in [4.78, 5) is 23.3. The first-order valence-electron chi connectivity index (χ1n) is 7.66. The number of carbonyl (C=O) groups is 2. The van der Waals surface area contributed by atoms with Gasteiger partial charge in [0.15, 0.2) is 0 Å². The third kappa shape index (κ3) is 6.13. The van der Waals surface area contributed by atoms with Crippen molar-refractivity contribution < 1.29 is 18.0 Å². The molecule has 0 radical (unpaired) electrons. The number of halogens is 2. The van der Waals surface area contributed by atoms with Crippen molar-refractivity contribution in [3.63, 3.8) is 0 Å². The molecule has 144 valence electrons. The number of nitrogens with one attached hydrogen (secondary N) is 2. The molecular weight excluding hydrogens is 413 g/mol. The van der Waals surface area contributed by atoms with Crippen LogP contribution in [0.4, 0.5) is 17.1 Å². The maximum atomic E-state index is 12.3. The number of benzene rings is 2. The third-order valence-corrected chi connectivity index (χ3v) is 5.02. The molecule has 0 spiro atoms. The van der Waals surface area contributed by atoms with E-state index in [0.717, 1.165) is 10.6 Å². The highest BCUT2D eigenvalue weighted by atomic mass is 35.5. The van der Waals surface area contributed by atoms with Crippen LogP contribution in [-0.4, -0.2) is 33.0 Å². The van der Waals surface area contributed by atoms with Crippen LogP contribution in [0.25, 0.3) is 0 Å². The zero-order valence-corrected chi connectivity index (χ0v) is 16.8. The van der Waals surface area contributed by atoms with E-state index < -0.39 is 22.5 Å². The molecular formula is C17H17Cl2N3O4S. The van der Waals surface area contributed by atoms with Crippen molar-refractivity contribution in [3.05, 3.63) is 52.5 Å². The number of carbonyl (C=O) groups excluding carboxylic acids is 2. The average molecular weight is 430 g/mol. The van der Waals surface area contributed by atoms with Gasteiger partial charge in [-0.1, -0.05) is 23.2 Å². The number of hydrogen-bond acceptors (Lipinski definition) is 4. The van der Waals surface area contributed by atoms with Crippen molar-refractivity contribution in [1.29, 1.82) is 0 Å². The molecule has 0 heterocycles. The number of hydrogen-bond donors (Lipinski definition) is 2. The number of anilines is 3. The smallest absolute Gasteiger partial charge is 0.245 e. The molecule has 10 heteroatoms. The quantitative estimate of drug-likeness (QED) is 0.735. The Kier molecular flexibility index (Phi) is 6.69. The van der Waals surface area contributed by atoms with E-state index >= 15 is 0 Å². The van der Waals surface area contributed by atoms with Gasteiger partial charge in [-0.3, -0.25) is 13.9 Å². The SMILES string of the molecule is CC(=O)Nc1ccc(NC(=O)CN(c2ccc(Cl)cc2Cl)S(C)(=O)=O)cc1. The largest absolute Gasteiger partial charge is 0.326 e. The predicted octanol–water partition coefficient (Wildman–Crippen LogP) is 3.36. The lowest BCUT2D eigenvalue weighted by Crippen LogP contribution is -2.37. The lowest BCUT2D eigenvalue weighted by molar-refractivity contribution is -0.115. The van der Waals surface area contributed by atoms with Crippen LogP contribution < -0.4 is 14.9 Å². The van der Waals surface area contributed by atoms with Crippen molar-refractivity contribution in [2.45, 2.75) is 6.92 Å². The van der Waals surface area contributed by atoms with E-state index in [-0.39, 0.29) is 16.6 Å². The van der Waals surface area contributed by atoms with Gasteiger partial charge in [-0.05, 0) is 42.5 Å². The summed E-state index contributed by atoms with van der Waals surface area (Å²) < 4.78 is 25.1. The molecule has 0 aliphatic carbocycles. The first-order chi connectivity index (χ1) is 12.6. The zero-order valence-electron chi connectivity index (χ0n) is 14.5. The zero-order chi connectivity index (χ0) is 20.2. The van der Waals surface area contributed by atoms with E-state index in [9.17, 15) is 18.0 Å². The van der Waals surface area contributed by atoms with Gasteiger partial charge in [0.2, 0.25) is 21.8 Å². The molecule has 7 nitrogen and oxygen atoms in total. The highest BCUT2D eigenvalue weighted by Crippen LogP contribution is 2.30. The molecule has 0 aliphatic rings. The van der Waals surface area contributed by atoms with Gasteiger partial charge in [-0.2, -0.15) is 0 Å². The minimum absolute atomic E-state index is 0.111. The molecule has 0 fully saturated rings. The minimum Gasteiger partial charge on any atom is -0.326 e. The van der Waals surface area contributed by atoms with Gasteiger partial charge < -0.3 is 10.6 Å². The number of rotatable bonds is 6. The summed E-state index contributed by atoms with van der Waals surface area (Å²) in [6, 6.07) is 10.7. The van der Waals surface area contributed by atoms with E-state index in [1.54, 1.807) is 24.3 Å². The van der Waals surface area contributed by atoms with Gasteiger partial charge in [-0.25, -0.2) is 8.42 Å². The second-order valence-corrected chi connectivity index (χ2v) is 8.42.